The molecule has 3 atom stereocenters. The molecule has 0 spiro atoms. The molecular weight excluding hydrogens is 456 g/mol. The van der Waals surface area contributed by atoms with Crippen molar-refractivity contribution in [2.24, 2.45) is 5.92 Å². The number of carbonyl (C=O) groups is 3. The summed E-state index contributed by atoms with van der Waals surface area (Å²) < 4.78 is 27.5. The average Bonchev–Trinajstić information content (AvgIpc) is 3.51. The minimum atomic E-state index is -3.12. The van der Waals surface area contributed by atoms with Gasteiger partial charge in [-0.05, 0) is 36.2 Å². The van der Waals surface area contributed by atoms with Gasteiger partial charge >= 0.3 is 0 Å². The van der Waals surface area contributed by atoms with Gasteiger partial charge in [0.2, 0.25) is 17.7 Å². The molecule has 1 aromatic carbocycles. The van der Waals surface area contributed by atoms with E-state index in [9.17, 15) is 23.2 Å². The van der Waals surface area contributed by atoms with Gasteiger partial charge in [0.15, 0.2) is 0 Å². The number of hydrogen-bond acceptors (Lipinski definition) is 5. The molecule has 2 fully saturated rings. The van der Waals surface area contributed by atoms with Crippen LogP contribution in [0.15, 0.2) is 18.2 Å². The number of benzene rings is 1. The predicted octanol–water partition coefficient (Wildman–Crippen LogP) is 2.03. The molecule has 0 unspecified atom stereocenters. The van der Waals surface area contributed by atoms with Gasteiger partial charge in [-0.2, -0.15) is 5.26 Å². The summed E-state index contributed by atoms with van der Waals surface area (Å²) in [5, 5.41) is 11.7. The summed E-state index contributed by atoms with van der Waals surface area (Å²) >= 11 is 0. The lowest BCUT2D eigenvalue weighted by Crippen LogP contribution is -2.46. The maximum absolute atomic E-state index is 13.7. The first-order valence-corrected chi connectivity index (χ1v) is 12.1. The predicted molar refractivity (Wildman–Crippen MR) is 123 cm³/mol. The van der Waals surface area contributed by atoms with E-state index in [1.165, 1.54) is 5.56 Å². The molecule has 3 aliphatic rings. The van der Waals surface area contributed by atoms with E-state index in [1.54, 1.807) is 11.0 Å². The Kier molecular flexibility index (Phi) is 7.08. The van der Waals surface area contributed by atoms with Crippen LogP contribution in [-0.2, 0) is 34.0 Å². The molecule has 10 heteroatoms. The fourth-order valence-corrected chi connectivity index (χ4v) is 5.29. The Morgan fingerprint density at radius 2 is 2.00 bits per heavy atom. The van der Waals surface area contributed by atoms with Crippen LogP contribution in [-0.4, -0.2) is 70.1 Å². The zero-order valence-corrected chi connectivity index (χ0v) is 20.1. The fraction of sp³-hybridized carbons (Fsp3) is 0.600. The molecular formula is C25H31F2N5O3. The molecule has 0 bridgehead atoms. The first kappa shape index (κ1) is 25.0. The Morgan fingerprint density at radius 1 is 1.26 bits per heavy atom. The van der Waals surface area contributed by atoms with Crippen molar-refractivity contribution in [1.29, 1.82) is 5.26 Å². The molecule has 0 saturated carbocycles. The molecule has 8 nitrogen and oxygen atoms in total. The highest BCUT2D eigenvalue weighted by Crippen LogP contribution is 2.34. The number of alkyl halides is 2. The third-order valence-corrected chi connectivity index (χ3v) is 7.35. The van der Waals surface area contributed by atoms with Crippen LogP contribution < -0.4 is 5.32 Å². The third kappa shape index (κ3) is 5.15. The highest BCUT2D eigenvalue weighted by atomic mass is 19.3. The van der Waals surface area contributed by atoms with E-state index in [1.807, 2.05) is 12.1 Å². The second-order valence-electron chi connectivity index (χ2n) is 9.64. The zero-order valence-electron chi connectivity index (χ0n) is 20.1. The second-order valence-corrected chi connectivity index (χ2v) is 9.64. The normalized spacial score (nSPS) is 25.0. The Labute approximate surface area is 203 Å². The second kappa shape index (κ2) is 9.90. The van der Waals surface area contributed by atoms with Crippen molar-refractivity contribution in [2.45, 2.75) is 70.8 Å². The maximum Gasteiger partial charge on any atom is 0.268 e. The van der Waals surface area contributed by atoms with Gasteiger partial charge in [-0.3, -0.25) is 19.3 Å². The number of fused-ring (bicyclic) bond motifs is 1. The molecule has 1 N–H and O–H groups in total. The van der Waals surface area contributed by atoms with Crippen LogP contribution in [0.4, 0.5) is 8.78 Å². The van der Waals surface area contributed by atoms with Gasteiger partial charge in [0.05, 0.1) is 12.6 Å². The average molecular weight is 488 g/mol. The smallest absolute Gasteiger partial charge is 0.268 e. The molecule has 2 saturated heterocycles. The molecule has 4 rings (SSSR count). The summed E-state index contributed by atoms with van der Waals surface area (Å²) in [6.45, 7) is 7.03. The lowest BCUT2D eigenvalue weighted by Gasteiger charge is -2.22. The number of nitrogens with one attached hydrogen (secondary N) is 1. The van der Waals surface area contributed by atoms with Crippen LogP contribution in [0.3, 0.4) is 0 Å². The number of nitrogens with zero attached hydrogens (tertiary/aromatic N) is 4. The van der Waals surface area contributed by atoms with Gasteiger partial charge in [-0.25, -0.2) is 8.78 Å². The summed E-state index contributed by atoms with van der Waals surface area (Å²) in [5.74, 6) is -5.13. The van der Waals surface area contributed by atoms with Crippen molar-refractivity contribution in [3.05, 3.63) is 34.9 Å². The number of carbonyl (C=O) groups excluding carboxylic acids is 3. The lowest BCUT2D eigenvalue weighted by atomic mass is 9.99. The number of rotatable bonds is 7. The van der Waals surface area contributed by atoms with Gasteiger partial charge in [-0.1, -0.05) is 32.0 Å². The lowest BCUT2D eigenvalue weighted by molar-refractivity contribution is -0.135. The molecule has 3 amide bonds. The van der Waals surface area contributed by atoms with Gasteiger partial charge in [0.1, 0.15) is 12.1 Å². The van der Waals surface area contributed by atoms with Crippen molar-refractivity contribution in [3.63, 3.8) is 0 Å². The molecule has 3 aliphatic heterocycles. The van der Waals surface area contributed by atoms with Crippen LogP contribution in [0, 0.1) is 17.2 Å². The summed E-state index contributed by atoms with van der Waals surface area (Å²) in [4.78, 5) is 43.3. The van der Waals surface area contributed by atoms with Crippen molar-refractivity contribution < 1.29 is 23.2 Å². The maximum atomic E-state index is 13.7. The summed E-state index contributed by atoms with van der Waals surface area (Å²) in [5.41, 5.74) is 3.44. The number of nitriles is 1. The standard InChI is InChI=1S/C25H31F2N5O3/c1-3-30(4-2)12-16-6-5-7-17-13-31(14-20(16)17)22(33)9-18-8-21(29-23(18)34)24(35)32-15-25(26,27)10-19(32)11-28/h5-7,18-19,21H,3-4,8-10,12-15H2,1-2H3,(H,29,34)/t18-,19-,21-/m0/s1. The SMILES string of the molecule is CCN(CC)Cc1cccc2c1CN(C(=O)C[C@@H]1C[C@@H](C(=O)N3CC(F)(F)C[C@H]3C#N)NC1=O)C2. The number of likely N-dealkylation sites (tertiary alicyclic amines) is 1. The third-order valence-electron chi connectivity index (χ3n) is 7.35. The van der Waals surface area contributed by atoms with Crippen LogP contribution in [0.5, 0.6) is 0 Å². The molecule has 188 valence electrons. The monoisotopic (exact) mass is 487 g/mol. The summed E-state index contributed by atoms with van der Waals surface area (Å²) in [6.07, 6.45) is -0.700. The Morgan fingerprint density at radius 3 is 2.69 bits per heavy atom. The Balaban J connectivity index is 1.37. The van der Waals surface area contributed by atoms with E-state index in [0.717, 1.165) is 35.7 Å². The minimum absolute atomic E-state index is 0.0488. The van der Waals surface area contributed by atoms with E-state index in [2.05, 4.69) is 30.1 Å². The van der Waals surface area contributed by atoms with Gasteiger partial charge < -0.3 is 15.1 Å². The minimum Gasteiger partial charge on any atom is -0.344 e. The number of halogens is 2. The van der Waals surface area contributed by atoms with Crippen LogP contribution in [0.25, 0.3) is 0 Å². The van der Waals surface area contributed by atoms with Crippen LogP contribution in [0.1, 0.15) is 49.8 Å². The molecule has 35 heavy (non-hydrogen) atoms. The van der Waals surface area contributed by atoms with Gasteiger partial charge in [0.25, 0.3) is 5.92 Å². The first-order chi connectivity index (χ1) is 16.7. The van der Waals surface area contributed by atoms with E-state index >= 15 is 0 Å². The fourth-order valence-electron chi connectivity index (χ4n) is 5.29. The van der Waals surface area contributed by atoms with Gasteiger partial charge in [-0.15, -0.1) is 0 Å². The van der Waals surface area contributed by atoms with E-state index < -0.39 is 48.7 Å². The van der Waals surface area contributed by atoms with E-state index in [-0.39, 0.29) is 18.7 Å². The molecule has 0 aliphatic carbocycles. The van der Waals surface area contributed by atoms with Crippen molar-refractivity contribution in [2.75, 3.05) is 19.6 Å². The van der Waals surface area contributed by atoms with E-state index in [4.69, 9.17) is 5.26 Å². The molecule has 3 heterocycles. The van der Waals surface area contributed by atoms with Gasteiger partial charge in [0, 0.05) is 38.4 Å². The number of amides is 3. The Hall–Kier alpha value is -3.06. The topological polar surface area (TPSA) is 96.8 Å². The summed E-state index contributed by atoms with van der Waals surface area (Å²) in [7, 11) is 0. The summed E-state index contributed by atoms with van der Waals surface area (Å²) in [6, 6.07) is 5.63. The van der Waals surface area contributed by atoms with E-state index in [0.29, 0.717) is 13.1 Å². The molecule has 1 aromatic rings. The molecule has 0 radical (unpaired) electrons. The first-order valence-electron chi connectivity index (χ1n) is 12.1. The van der Waals surface area contributed by atoms with Crippen LogP contribution in [0.2, 0.25) is 0 Å². The highest BCUT2D eigenvalue weighted by Gasteiger charge is 2.50. The molecule has 0 aromatic heterocycles. The van der Waals surface area contributed by atoms with Crippen molar-refractivity contribution >= 4 is 17.7 Å². The zero-order chi connectivity index (χ0) is 25.3. The quantitative estimate of drug-likeness (QED) is 0.635. The van der Waals surface area contributed by atoms with Crippen molar-refractivity contribution in [3.8, 4) is 6.07 Å². The highest BCUT2D eigenvalue weighted by molar-refractivity contribution is 5.94. The number of hydrogen-bond donors (Lipinski definition) is 1. The largest absolute Gasteiger partial charge is 0.344 e. The Bertz CT molecular complexity index is 1050. The van der Waals surface area contributed by atoms with Crippen LogP contribution >= 0.6 is 0 Å². The van der Waals surface area contributed by atoms with Crippen molar-refractivity contribution in [1.82, 2.24) is 20.0 Å².